The van der Waals surface area contributed by atoms with Gasteiger partial charge in [-0.2, -0.15) is 0 Å². The third kappa shape index (κ3) is 5.84. The van der Waals surface area contributed by atoms with E-state index in [-0.39, 0.29) is 12.3 Å². The number of carbonyl (C=O) groups is 2. The van der Waals surface area contributed by atoms with Crippen LogP contribution < -0.4 is 10.2 Å². The zero-order valence-electron chi connectivity index (χ0n) is 16.7. The van der Waals surface area contributed by atoms with Crippen LogP contribution in [0.4, 0.5) is 10.5 Å². The minimum atomic E-state index is -0.899. The number of carbonyl (C=O) groups excluding carboxylic acids is 2. The molecule has 1 unspecified atom stereocenters. The smallest absolute Gasteiger partial charge is 0.408 e. The maximum Gasteiger partial charge on any atom is 0.408 e. The van der Waals surface area contributed by atoms with E-state index in [0.717, 1.165) is 11.3 Å². The van der Waals surface area contributed by atoms with E-state index < -0.39 is 17.2 Å². The van der Waals surface area contributed by atoms with E-state index in [1.807, 2.05) is 67.6 Å². The number of alkyl carbamates (subject to hydrolysis) is 1. The van der Waals surface area contributed by atoms with Gasteiger partial charge in [0.2, 0.25) is 5.91 Å². The number of amides is 2. The molecule has 2 amide bonds. The molecule has 2 aromatic carbocycles. The van der Waals surface area contributed by atoms with Gasteiger partial charge in [-0.05, 0) is 45.4 Å². The molecule has 0 aliphatic heterocycles. The maximum atomic E-state index is 12.9. The van der Waals surface area contributed by atoms with Crippen LogP contribution in [0.15, 0.2) is 60.7 Å². The van der Waals surface area contributed by atoms with E-state index >= 15 is 0 Å². The fourth-order valence-corrected chi connectivity index (χ4v) is 2.77. The van der Waals surface area contributed by atoms with Crippen molar-refractivity contribution < 1.29 is 14.3 Å². The molecule has 0 aliphatic rings. The summed E-state index contributed by atoms with van der Waals surface area (Å²) in [6.45, 7) is 7.26. The fraction of sp³-hybridized carbons (Fsp3) is 0.364. The van der Waals surface area contributed by atoms with Gasteiger partial charge in [-0.25, -0.2) is 4.79 Å². The highest BCUT2D eigenvalue weighted by molar-refractivity contribution is 5.93. The lowest BCUT2D eigenvalue weighted by Crippen LogP contribution is -2.48. The van der Waals surface area contributed by atoms with E-state index in [9.17, 15) is 9.59 Å². The Hall–Kier alpha value is -2.82. The number of ether oxygens (including phenoxy) is 1. The standard InChI is InChI=1S/C22H28N2O3/c1-21(2,3)27-20(26)23-22(4,17-12-8-6-9-13-17)16-19(25)24(5)18-14-10-7-11-15-18/h6-15H,16H2,1-5H3,(H,23,26). The molecule has 5 nitrogen and oxygen atoms in total. The van der Waals surface area contributed by atoms with Gasteiger partial charge in [0.1, 0.15) is 5.60 Å². The molecule has 0 saturated carbocycles. The van der Waals surface area contributed by atoms with Crippen LogP contribution in [-0.2, 0) is 15.1 Å². The molecular weight excluding hydrogens is 340 g/mol. The lowest BCUT2D eigenvalue weighted by molar-refractivity contribution is -0.119. The second kappa shape index (κ2) is 8.25. The van der Waals surface area contributed by atoms with E-state index in [1.165, 1.54) is 0 Å². The van der Waals surface area contributed by atoms with E-state index in [1.54, 1.807) is 32.7 Å². The minimum absolute atomic E-state index is 0.0989. The summed E-state index contributed by atoms with van der Waals surface area (Å²) in [5.74, 6) is -0.108. The van der Waals surface area contributed by atoms with Crippen LogP contribution in [0.1, 0.15) is 39.7 Å². The molecule has 27 heavy (non-hydrogen) atoms. The van der Waals surface area contributed by atoms with Crippen molar-refractivity contribution in [2.24, 2.45) is 0 Å². The summed E-state index contributed by atoms with van der Waals surface area (Å²) in [5.41, 5.74) is 0.122. The lowest BCUT2D eigenvalue weighted by Gasteiger charge is -2.33. The van der Waals surface area contributed by atoms with Crippen molar-refractivity contribution in [1.29, 1.82) is 0 Å². The predicted octanol–water partition coefficient (Wildman–Crippen LogP) is 4.48. The van der Waals surface area contributed by atoms with E-state index in [2.05, 4.69) is 5.32 Å². The summed E-state index contributed by atoms with van der Waals surface area (Å²) < 4.78 is 5.41. The number of nitrogens with zero attached hydrogens (tertiary/aromatic N) is 1. The Morgan fingerprint density at radius 2 is 1.44 bits per heavy atom. The number of rotatable bonds is 5. The van der Waals surface area contributed by atoms with Crippen molar-refractivity contribution in [1.82, 2.24) is 5.32 Å². The Bertz CT molecular complexity index is 769. The maximum absolute atomic E-state index is 12.9. The molecule has 5 heteroatoms. The van der Waals surface area contributed by atoms with Gasteiger partial charge in [-0.3, -0.25) is 4.79 Å². The number of hydrogen-bond donors (Lipinski definition) is 1. The number of hydrogen-bond acceptors (Lipinski definition) is 3. The van der Waals surface area contributed by atoms with Crippen LogP contribution in [0.25, 0.3) is 0 Å². The first-order valence-electron chi connectivity index (χ1n) is 8.99. The summed E-state index contributed by atoms with van der Waals surface area (Å²) in [4.78, 5) is 26.9. The molecule has 0 radical (unpaired) electrons. The molecule has 0 heterocycles. The van der Waals surface area contributed by atoms with Gasteiger partial charge in [0, 0.05) is 12.7 Å². The summed E-state index contributed by atoms with van der Waals surface area (Å²) in [7, 11) is 1.73. The predicted molar refractivity (Wildman–Crippen MR) is 108 cm³/mol. The van der Waals surface area contributed by atoms with E-state index in [0.29, 0.717) is 0 Å². The molecule has 1 N–H and O–H groups in total. The quantitative estimate of drug-likeness (QED) is 0.846. The summed E-state index contributed by atoms with van der Waals surface area (Å²) in [5, 5.41) is 2.89. The topological polar surface area (TPSA) is 58.6 Å². The van der Waals surface area contributed by atoms with Gasteiger partial charge in [-0.15, -0.1) is 0 Å². The molecule has 2 aromatic rings. The van der Waals surface area contributed by atoms with Crippen molar-refractivity contribution >= 4 is 17.7 Å². The van der Waals surface area contributed by atoms with Crippen molar-refractivity contribution in [3.8, 4) is 0 Å². The summed E-state index contributed by atoms with van der Waals surface area (Å²) >= 11 is 0. The number of nitrogens with one attached hydrogen (secondary N) is 1. The van der Waals surface area contributed by atoms with Crippen LogP contribution in [0.2, 0.25) is 0 Å². The third-order valence-corrected chi connectivity index (χ3v) is 4.21. The second-order valence-corrected chi connectivity index (χ2v) is 7.79. The average Bonchev–Trinajstić information content (AvgIpc) is 2.60. The highest BCUT2D eigenvalue weighted by Crippen LogP contribution is 2.27. The molecule has 1 atom stereocenters. The van der Waals surface area contributed by atoms with Crippen LogP contribution in [0.3, 0.4) is 0 Å². The molecule has 0 fully saturated rings. The number of benzene rings is 2. The molecule has 0 bridgehead atoms. The lowest BCUT2D eigenvalue weighted by atomic mass is 9.88. The Kier molecular flexibility index (Phi) is 6.26. The normalized spacial score (nSPS) is 13.4. The molecule has 2 rings (SSSR count). The van der Waals surface area contributed by atoms with Gasteiger partial charge in [-0.1, -0.05) is 48.5 Å². The first-order valence-corrected chi connectivity index (χ1v) is 8.99. The van der Waals surface area contributed by atoms with Crippen LogP contribution >= 0.6 is 0 Å². The SMILES string of the molecule is CN(C(=O)CC(C)(NC(=O)OC(C)(C)C)c1ccccc1)c1ccccc1. The van der Waals surface area contributed by atoms with Crippen LogP contribution in [0.5, 0.6) is 0 Å². The third-order valence-electron chi connectivity index (χ3n) is 4.21. The zero-order chi connectivity index (χ0) is 20.1. The summed E-state index contributed by atoms with van der Waals surface area (Å²) in [6.07, 6.45) is -0.453. The Labute approximate surface area is 161 Å². The highest BCUT2D eigenvalue weighted by Gasteiger charge is 2.34. The highest BCUT2D eigenvalue weighted by atomic mass is 16.6. The number of anilines is 1. The van der Waals surface area contributed by atoms with Gasteiger partial charge in [0.05, 0.1) is 12.0 Å². The van der Waals surface area contributed by atoms with Crippen molar-refractivity contribution in [3.63, 3.8) is 0 Å². The molecule has 0 saturated heterocycles. The molecule has 0 aliphatic carbocycles. The number of para-hydroxylation sites is 1. The van der Waals surface area contributed by atoms with Crippen molar-refractivity contribution in [2.75, 3.05) is 11.9 Å². The Morgan fingerprint density at radius 3 is 1.96 bits per heavy atom. The minimum Gasteiger partial charge on any atom is -0.444 e. The zero-order valence-corrected chi connectivity index (χ0v) is 16.7. The molecule has 0 spiro atoms. The van der Waals surface area contributed by atoms with Crippen molar-refractivity contribution in [3.05, 3.63) is 66.2 Å². The Balaban J connectivity index is 2.25. The second-order valence-electron chi connectivity index (χ2n) is 7.79. The fourth-order valence-electron chi connectivity index (χ4n) is 2.77. The van der Waals surface area contributed by atoms with Crippen molar-refractivity contribution in [2.45, 2.75) is 45.3 Å². The average molecular weight is 368 g/mol. The van der Waals surface area contributed by atoms with Gasteiger partial charge in [0.15, 0.2) is 0 Å². The molecule has 144 valence electrons. The van der Waals surface area contributed by atoms with Gasteiger partial charge < -0.3 is 15.0 Å². The summed E-state index contributed by atoms with van der Waals surface area (Å²) in [6, 6.07) is 18.9. The van der Waals surface area contributed by atoms with E-state index in [4.69, 9.17) is 4.74 Å². The first kappa shape index (κ1) is 20.5. The Morgan fingerprint density at radius 1 is 0.926 bits per heavy atom. The van der Waals surface area contributed by atoms with Gasteiger partial charge >= 0.3 is 6.09 Å². The van der Waals surface area contributed by atoms with Crippen LogP contribution in [-0.4, -0.2) is 24.6 Å². The molecule has 0 aromatic heterocycles. The molecular formula is C22H28N2O3. The monoisotopic (exact) mass is 368 g/mol. The largest absolute Gasteiger partial charge is 0.444 e. The van der Waals surface area contributed by atoms with Crippen LogP contribution in [0, 0.1) is 0 Å². The van der Waals surface area contributed by atoms with Gasteiger partial charge in [0.25, 0.3) is 0 Å². The first-order chi connectivity index (χ1) is 12.6.